The highest BCUT2D eigenvalue weighted by atomic mass is 35.5. The van der Waals surface area contributed by atoms with Crippen LogP contribution in [0.1, 0.15) is 15.9 Å². The Morgan fingerprint density at radius 3 is 2.58 bits per heavy atom. The molecular weight excluding hydrogens is 268 g/mol. The van der Waals surface area contributed by atoms with Gasteiger partial charge in [-0.25, -0.2) is 0 Å². The predicted octanol–water partition coefficient (Wildman–Crippen LogP) is 3.07. The molecule has 2 aromatic rings. The molecule has 0 saturated carbocycles. The number of carbonyl (C=O) groups excluding carboxylic acids is 1. The number of nitro groups is 1. The highest BCUT2D eigenvalue weighted by Crippen LogP contribution is 2.23. The van der Waals surface area contributed by atoms with Gasteiger partial charge in [-0.15, -0.1) is 0 Å². The van der Waals surface area contributed by atoms with Crippen LogP contribution in [0.2, 0.25) is 5.02 Å². The number of carbonyl (C=O) groups is 1. The van der Waals surface area contributed by atoms with E-state index in [0.29, 0.717) is 0 Å². The van der Waals surface area contributed by atoms with Gasteiger partial charge in [0.1, 0.15) is 0 Å². The van der Waals surface area contributed by atoms with E-state index >= 15 is 0 Å². The van der Waals surface area contributed by atoms with Crippen molar-refractivity contribution in [3.63, 3.8) is 0 Å². The van der Waals surface area contributed by atoms with Crippen LogP contribution in [0.15, 0.2) is 42.7 Å². The molecule has 0 aliphatic rings. The third-order valence-electron chi connectivity index (χ3n) is 2.58. The van der Waals surface area contributed by atoms with Gasteiger partial charge in [-0.2, -0.15) is 0 Å². The fourth-order valence-corrected chi connectivity index (χ4v) is 1.84. The molecule has 0 amide bonds. The topological polar surface area (TPSA) is 73.1 Å². The molecule has 1 aromatic heterocycles. The number of halogens is 1. The van der Waals surface area contributed by atoms with Crippen LogP contribution in [0.3, 0.4) is 0 Å². The van der Waals surface area contributed by atoms with E-state index in [0.717, 1.165) is 5.56 Å². The summed E-state index contributed by atoms with van der Waals surface area (Å²) in [5.41, 5.74) is 0.790. The van der Waals surface area contributed by atoms with E-state index in [1.165, 1.54) is 18.2 Å². The van der Waals surface area contributed by atoms with Crippen molar-refractivity contribution in [3.05, 3.63) is 69.0 Å². The van der Waals surface area contributed by atoms with Crippen molar-refractivity contribution in [2.75, 3.05) is 0 Å². The van der Waals surface area contributed by atoms with Gasteiger partial charge in [0, 0.05) is 36.5 Å². The monoisotopic (exact) mass is 276 g/mol. The fraction of sp³-hybridized carbons (Fsp3) is 0.0769. The maximum atomic E-state index is 12.1. The van der Waals surface area contributed by atoms with E-state index in [1.54, 1.807) is 24.5 Å². The molecule has 1 aromatic carbocycles. The van der Waals surface area contributed by atoms with Crippen LogP contribution >= 0.6 is 11.6 Å². The Labute approximate surface area is 114 Å². The first-order valence-electron chi connectivity index (χ1n) is 5.44. The first kappa shape index (κ1) is 13.2. The summed E-state index contributed by atoms with van der Waals surface area (Å²) in [6.45, 7) is 0. The quantitative estimate of drug-likeness (QED) is 0.489. The van der Waals surface area contributed by atoms with E-state index in [9.17, 15) is 14.9 Å². The highest BCUT2D eigenvalue weighted by molar-refractivity contribution is 6.34. The molecule has 0 aliphatic carbocycles. The summed E-state index contributed by atoms with van der Waals surface area (Å²) in [7, 11) is 0. The van der Waals surface area contributed by atoms with Gasteiger partial charge in [-0.05, 0) is 23.8 Å². The lowest BCUT2D eigenvalue weighted by Gasteiger charge is -2.03. The van der Waals surface area contributed by atoms with Gasteiger partial charge in [0.25, 0.3) is 5.69 Å². The molecule has 0 N–H and O–H groups in total. The van der Waals surface area contributed by atoms with Crippen LogP contribution in [0.25, 0.3) is 0 Å². The van der Waals surface area contributed by atoms with Gasteiger partial charge in [0.05, 0.1) is 9.95 Å². The van der Waals surface area contributed by atoms with Gasteiger partial charge in [-0.3, -0.25) is 19.9 Å². The van der Waals surface area contributed by atoms with E-state index < -0.39 is 4.92 Å². The summed E-state index contributed by atoms with van der Waals surface area (Å²) >= 11 is 5.91. The molecule has 0 spiro atoms. The number of benzene rings is 1. The smallest absolute Gasteiger partial charge is 0.270 e. The summed E-state index contributed by atoms with van der Waals surface area (Å²) in [6, 6.07) is 7.25. The Bertz CT molecular complexity index is 629. The van der Waals surface area contributed by atoms with Crippen molar-refractivity contribution >= 4 is 23.1 Å². The predicted molar refractivity (Wildman–Crippen MR) is 70.4 cm³/mol. The average Bonchev–Trinajstić information content (AvgIpc) is 2.40. The summed E-state index contributed by atoms with van der Waals surface area (Å²) in [5.74, 6) is -0.264. The fourth-order valence-electron chi connectivity index (χ4n) is 1.62. The summed E-state index contributed by atoms with van der Waals surface area (Å²) in [5, 5.41) is 10.9. The minimum Gasteiger partial charge on any atom is -0.294 e. The van der Waals surface area contributed by atoms with Crippen molar-refractivity contribution in [2.24, 2.45) is 0 Å². The van der Waals surface area contributed by atoms with Gasteiger partial charge >= 0.3 is 0 Å². The number of non-ortho nitro benzene ring substituents is 1. The maximum Gasteiger partial charge on any atom is 0.270 e. The Morgan fingerprint density at radius 1 is 1.26 bits per heavy atom. The summed E-state index contributed by atoms with van der Waals surface area (Å²) < 4.78 is 0. The van der Waals surface area contributed by atoms with Crippen LogP contribution in [-0.4, -0.2) is 15.7 Å². The molecule has 0 fully saturated rings. The van der Waals surface area contributed by atoms with Gasteiger partial charge in [0.15, 0.2) is 5.78 Å². The number of nitrogens with zero attached hydrogens (tertiary/aromatic N) is 2. The van der Waals surface area contributed by atoms with Gasteiger partial charge in [-0.1, -0.05) is 11.6 Å². The van der Waals surface area contributed by atoms with Gasteiger partial charge in [0.2, 0.25) is 0 Å². The normalized spacial score (nSPS) is 10.2. The van der Waals surface area contributed by atoms with E-state index in [1.807, 2.05) is 0 Å². The largest absolute Gasteiger partial charge is 0.294 e. The van der Waals surface area contributed by atoms with Crippen LogP contribution in [-0.2, 0) is 6.42 Å². The zero-order valence-electron chi connectivity index (χ0n) is 9.75. The molecule has 0 radical (unpaired) electrons. The lowest BCUT2D eigenvalue weighted by molar-refractivity contribution is -0.384. The highest BCUT2D eigenvalue weighted by Gasteiger charge is 2.16. The number of Topliss-reactive ketones (excluding diaryl/α,β-unsaturated/α-hetero) is 1. The van der Waals surface area contributed by atoms with Crippen LogP contribution < -0.4 is 0 Å². The molecule has 2 rings (SSSR count). The zero-order chi connectivity index (χ0) is 13.8. The standard InChI is InChI=1S/C13H9ClN2O3/c14-12-2-1-10(16(18)19)8-11(12)13(17)7-9-3-5-15-6-4-9/h1-6,8H,7H2. The number of nitro benzene ring substituents is 1. The Hall–Kier alpha value is -2.27. The van der Waals surface area contributed by atoms with Crippen molar-refractivity contribution in [3.8, 4) is 0 Å². The second-order valence-corrected chi connectivity index (χ2v) is 4.28. The SMILES string of the molecule is O=C(Cc1ccncc1)c1cc([N+](=O)[O-])ccc1Cl. The average molecular weight is 277 g/mol. The Morgan fingerprint density at radius 2 is 1.95 bits per heavy atom. The van der Waals surface area contributed by atoms with Crippen LogP contribution in [0, 0.1) is 10.1 Å². The minimum atomic E-state index is -0.556. The number of aromatic nitrogens is 1. The third kappa shape index (κ3) is 3.14. The number of hydrogen-bond acceptors (Lipinski definition) is 4. The van der Waals surface area contributed by atoms with Crippen molar-refractivity contribution in [1.82, 2.24) is 4.98 Å². The Balaban J connectivity index is 2.28. The maximum absolute atomic E-state index is 12.1. The lowest BCUT2D eigenvalue weighted by atomic mass is 10.0. The third-order valence-corrected chi connectivity index (χ3v) is 2.90. The molecule has 0 atom stereocenters. The summed E-state index contributed by atoms with van der Waals surface area (Å²) in [6.07, 6.45) is 3.29. The molecule has 1 heterocycles. The second-order valence-electron chi connectivity index (χ2n) is 3.88. The number of hydrogen-bond donors (Lipinski definition) is 0. The Kier molecular flexibility index (Phi) is 3.87. The molecule has 5 nitrogen and oxygen atoms in total. The van der Waals surface area contributed by atoms with Crippen molar-refractivity contribution < 1.29 is 9.72 Å². The van der Waals surface area contributed by atoms with E-state index in [-0.39, 0.29) is 28.5 Å². The van der Waals surface area contributed by atoms with Crippen LogP contribution in [0.5, 0.6) is 0 Å². The zero-order valence-corrected chi connectivity index (χ0v) is 10.5. The molecule has 0 bridgehead atoms. The minimum absolute atomic E-state index is 0.128. The van der Waals surface area contributed by atoms with Gasteiger partial charge < -0.3 is 0 Å². The number of ketones is 1. The lowest BCUT2D eigenvalue weighted by Crippen LogP contribution is -2.05. The molecule has 0 aliphatic heterocycles. The summed E-state index contributed by atoms with van der Waals surface area (Å²) in [4.78, 5) is 26.1. The van der Waals surface area contributed by atoms with Crippen LogP contribution in [0.4, 0.5) is 5.69 Å². The molecule has 0 unspecified atom stereocenters. The second kappa shape index (κ2) is 5.58. The number of rotatable bonds is 4. The first-order valence-corrected chi connectivity index (χ1v) is 5.82. The number of pyridine rings is 1. The van der Waals surface area contributed by atoms with Crippen molar-refractivity contribution in [2.45, 2.75) is 6.42 Å². The molecule has 6 heteroatoms. The van der Waals surface area contributed by atoms with E-state index in [2.05, 4.69) is 4.98 Å². The van der Waals surface area contributed by atoms with E-state index in [4.69, 9.17) is 11.6 Å². The molecule has 0 saturated heterocycles. The molecule has 19 heavy (non-hydrogen) atoms. The molecular formula is C13H9ClN2O3. The first-order chi connectivity index (χ1) is 9.08. The molecule has 96 valence electrons. The van der Waals surface area contributed by atoms with Crippen molar-refractivity contribution in [1.29, 1.82) is 0 Å².